The third-order valence-corrected chi connectivity index (χ3v) is 6.38. The molecule has 3 rings (SSSR count). The van der Waals surface area contributed by atoms with E-state index in [1.165, 1.54) is 22.5 Å². The van der Waals surface area contributed by atoms with E-state index in [4.69, 9.17) is 11.6 Å². The normalized spacial score (nSPS) is 17.9. The first-order valence-electron chi connectivity index (χ1n) is 7.73. The molecule has 0 fully saturated rings. The van der Waals surface area contributed by atoms with Gasteiger partial charge in [-0.05, 0) is 30.5 Å². The number of hydrogen-bond acceptors (Lipinski definition) is 3. The van der Waals surface area contributed by atoms with E-state index in [9.17, 15) is 12.8 Å². The van der Waals surface area contributed by atoms with Crippen LogP contribution in [-0.4, -0.2) is 35.9 Å². The van der Waals surface area contributed by atoms with Crippen LogP contribution in [0.15, 0.2) is 30.6 Å². The molecule has 0 amide bonds. The number of fused-ring (bicyclic) bond motifs is 1. The summed E-state index contributed by atoms with van der Waals surface area (Å²) >= 11 is 5.83. The summed E-state index contributed by atoms with van der Waals surface area (Å²) in [6.45, 7) is 1.16. The zero-order valence-electron chi connectivity index (χ0n) is 13.3. The summed E-state index contributed by atoms with van der Waals surface area (Å²) in [4.78, 5) is 4.27. The number of nitrogens with zero attached hydrogens (tertiary/aromatic N) is 3. The number of sulfonamides is 1. The van der Waals surface area contributed by atoms with Crippen molar-refractivity contribution in [3.05, 3.63) is 52.8 Å². The summed E-state index contributed by atoms with van der Waals surface area (Å²) in [7, 11) is -2.06. The van der Waals surface area contributed by atoms with E-state index in [1.807, 2.05) is 6.20 Å². The highest BCUT2D eigenvalue weighted by molar-refractivity contribution is 7.88. The predicted molar refractivity (Wildman–Crippen MR) is 90.7 cm³/mol. The van der Waals surface area contributed by atoms with Crippen LogP contribution in [0.4, 0.5) is 4.39 Å². The third-order valence-electron chi connectivity index (χ3n) is 4.37. The molecule has 0 aliphatic carbocycles. The Hall–Kier alpha value is -1.44. The zero-order valence-corrected chi connectivity index (χ0v) is 14.9. The molecule has 1 aliphatic heterocycles. The molecule has 8 heteroatoms. The van der Waals surface area contributed by atoms with Gasteiger partial charge in [0.05, 0.1) is 5.75 Å². The molecule has 0 radical (unpaired) electrons. The van der Waals surface area contributed by atoms with Gasteiger partial charge in [-0.15, -0.1) is 0 Å². The van der Waals surface area contributed by atoms with Crippen molar-refractivity contribution in [1.29, 1.82) is 0 Å². The first-order chi connectivity index (χ1) is 11.3. The lowest BCUT2D eigenvalue weighted by Crippen LogP contribution is -2.36. The quantitative estimate of drug-likeness (QED) is 0.812. The summed E-state index contributed by atoms with van der Waals surface area (Å²) in [5, 5.41) is 0.323. The van der Waals surface area contributed by atoms with Gasteiger partial charge in [0.2, 0.25) is 10.0 Å². The van der Waals surface area contributed by atoms with Gasteiger partial charge in [0.1, 0.15) is 11.6 Å². The second-order valence-electron chi connectivity index (χ2n) is 6.17. The van der Waals surface area contributed by atoms with Crippen molar-refractivity contribution in [2.75, 3.05) is 13.6 Å². The summed E-state index contributed by atoms with van der Waals surface area (Å²) in [6.07, 6.45) is 5.41. The van der Waals surface area contributed by atoms with Crippen LogP contribution in [0.1, 0.15) is 17.8 Å². The van der Waals surface area contributed by atoms with E-state index in [0.29, 0.717) is 11.6 Å². The first kappa shape index (κ1) is 17.4. The van der Waals surface area contributed by atoms with Crippen LogP contribution in [0.2, 0.25) is 5.02 Å². The van der Waals surface area contributed by atoms with Crippen LogP contribution < -0.4 is 0 Å². The Labute approximate surface area is 146 Å². The molecule has 2 aromatic rings. The van der Waals surface area contributed by atoms with Crippen LogP contribution in [0.5, 0.6) is 0 Å². The molecule has 0 N–H and O–H groups in total. The third kappa shape index (κ3) is 3.79. The first-order valence-corrected chi connectivity index (χ1v) is 9.72. The number of aryl methyl sites for hydroxylation is 1. The highest BCUT2D eigenvalue weighted by Gasteiger charge is 2.26. The van der Waals surface area contributed by atoms with Crippen molar-refractivity contribution >= 4 is 21.6 Å². The van der Waals surface area contributed by atoms with Crippen molar-refractivity contribution in [3.8, 4) is 0 Å². The number of aromatic nitrogens is 2. The van der Waals surface area contributed by atoms with Gasteiger partial charge < -0.3 is 4.57 Å². The minimum absolute atomic E-state index is 0.0925. The van der Waals surface area contributed by atoms with E-state index < -0.39 is 15.8 Å². The average molecular weight is 372 g/mol. The van der Waals surface area contributed by atoms with Gasteiger partial charge in [-0.2, -0.15) is 0 Å². The molecule has 0 saturated carbocycles. The Kier molecular flexibility index (Phi) is 4.94. The lowest BCUT2D eigenvalue weighted by atomic mass is 10.00. The molecular weight excluding hydrogens is 353 g/mol. The number of benzene rings is 1. The fourth-order valence-electron chi connectivity index (χ4n) is 3.02. The molecule has 1 aromatic carbocycles. The number of rotatable bonds is 5. The van der Waals surface area contributed by atoms with Crippen molar-refractivity contribution in [2.24, 2.45) is 5.92 Å². The molecule has 0 bridgehead atoms. The second kappa shape index (κ2) is 6.82. The van der Waals surface area contributed by atoms with Crippen LogP contribution in [-0.2, 0) is 28.7 Å². The van der Waals surface area contributed by atoms with E-state index >= 15 is 0 Å². The molecular formula is C16H19ClFN3O2S. The van der Waals surface area contributed by atoms with Crippen LogP contribution in [0.25, 0.3) is 0 Å². The van der Waals surface area contributed by atoms with Crippen LogP contribution >= 0.6 is 11.6 Å². The average Bonchev–Trinajstić information content (AvgIpc) is 2.98. The molecule has 1 aliphatic rings. The maximum atomic E-state index is 13.8. The molecule has 1 aromatic heterocycles. The van der Waals surface area contributed by atoms with E-state index in [1.54, 1.807) is 13.2 Å². The van der Waals surface area contributed by atoms with Crippen molar-refractivity contribution in [1.82, 2.24) is 13.9 Å². The Bertz CT molecular complexity index is 838. The van der Waals surface area contributed by atoms with Gasteiger partial charge in [-0.1, -0.05) is 11.6 Å². The number of halogens is 2. The summed E-state index contributed by atoms with van der Waals surface area (Å²) in [5.41, 5.74) is 0.0925. The molecule has 2 heterocycles. The van der Waals surface area contributed by atoms with Crippen LogP contribution in [0, 0.1) is 11.7 Å². The molecule has 0 saturated heterocycles. The molecule has 24 heavy (non-hydrogen) atoms. The summed E-state index contributed by atoms with van der Waals surface area (Å²) in [5.74, 6) is 0.310. The fourth-order valence-corrected chi connectivity index (χ4v) is 4.49. The fraction of sp³-hybridized carbons (Fsp3) is 0.438. The van der Waals surface area contributed by atoms with Gasteiger partial charge in [0.25, 0.3) is 0 Å². The van der Waals surface area contributed by atoms with Crippen molar-refractivity contribution in [2.45, 2.75) is 25.1 Å². The number of imidazole rings is 1. The lowest BCUT2D eigenvalue weighted by Gasteiger charge is -2.27. The van der Waals surface area contributed by atoms with E-state index in [-0.39, 0.29) is 17.2 Å². The minimum Gasteiger partial charge on any atom is -0.335 e. The molecule has 5 nitrogen and oxygen atoms in total. The predicted octanol–water partition coefficient (Wildman–Crippen LogP) is 2.70. The Balaban J connectivity index is 1.67. The smallest absolute Gasteiger partial charge is 0.218 e. The molecule has 130 valence electrons. The Morgan fingerprint density at radius 1 is 1.46 bits per heavy atom. The van der Waals surface area contributed by atoms with E-state index in [0.717, 1.165) is 25.2 Å². The Morgan fingerprint density at radius 2 is 2.25 bits per heavy atom. The minimum atomic E-state index is -3.61. The van der Waals surface area contributed by atoms with E-state index in [2.05, 4.69) is 9.55 Å². The second-order valence-corrected chi connectivity index (χ2v) is 8.69. The molecule has 1 atom stereocenters. The van der Waals surface area contributed by atoms with Gasteiger partial charge in [0.15, 0.2) is 0 Å². The molecule has 0 spiro atoms. The van der Waals surface area contributed by atoms with Gasteiger partial charge >= 0.3 is 0 Å². The van der Waals surface area contributed by atoms with Gasteiger partial charge in [-0.3, -0.25) is 0 Å². The van der Waals surface area contributed by atoms with Crippen molar-refractivity contribution < 1.29 is 12.8 Å². The number of hydrogen-bond donors (Lipinski definition) is 0. The standard InChI is InChI=1S/C16H19ClFN3O2S/c1-20(9-12-2-5-16-19-6-7-21(16)10-12)24(22,23)11-13-8-14(17)3-4-15(13)18/h3-4,6-8,12H,2,5,9-11H2,1H3. The maximum absolute atomic E-state index is 13.8. The zero-order chi connectivity index (χ0) is 17.3. The topological polar surface area (TPSA) is 55.2 Å². The maximum Gasteiger partial charge on any atom is 0.218 e. The van der Waals surface area contributed by atoms with Gasteiger partial charge in [-0.25, -0.2) is 22.1 Å². The van der Waals surface area contributed by atoms with Gasteiger partial charge in [0, 0.05) is 49.5 Å². The molecule has 1 unspecified atom stereocenters. The Morgan fingerprint density at radius 3 is 3.04 bits per heavy atom. The SMILES string of the molecule is CN(CC1CCc2nccn2C1)S(=O)(=O)Cc1cc(Cl)ccc1F. The lowest BCUT2D eigenvalue weighted by molar-refractivity contribution is 0.303. The highest BCUT2D eigenvalue weighted by atomic mass is 35.5. The summed E-state index contributed by atoms with van der Waals surface area (Å²) < 4.78 is 42.2. The monoisotopic (exact) mass is 371 g/mol. The highest BCUT2D eigenvalue weighted by Crippen LogP contribution is 2.22. The summed E-state index contributed by atoms with van der Waals surface area (Å²) in [6, 6.07) is 3.96. The van der Waals surface area contributed by atoms with Crippen LogP contribution in [0.3, 0.4) is 0 Å². The van der Waals surface area contributed by atoms with Crippen molar-refractivity contribution in [3.63, 3.8) is 0 Å². The largest absolute Gasteiger partial charge is 0.335 e.